The number of piperidine rings is 1. The molecule has 2 N–H and O–H groups in total. The van der Waals surface area contributed by atoms with E-state index in [2.05, 4.69) is 15.2 Å². The molecule has 0 spiro atoms. The number of carbonyl (C=O) groups is 1. The summed E-state index contributed by atoms with van der Waals surface area (Å²) in [4.78, 5) is 33.7. The van der Waals surface area contributed by atoms with Gasteiger partial charge in [-0.2, -0.15) is 0 Å². The van der Waals surface area contributed by atoms with Gasteiger partial charge >= 0.3 is 0 Å². The van der Waals surface area contributed by atoms with E-state index in [9.17, 15) is 14.9 Å². The highest BCUT2D eigenvalue weighted by molar-refractivity contribution is 6.01. The zero-order valence-electron chi connectivity index (χ0n) is 17.7. The number of hydrogen-bond donors (Lipinski definition) is 2. The number of H-pyrrole nitrogens is 1. The number of aryl methyl sites for hydroxylation is 1. The molecule has 0 radical (unpaired) electrons. The third-order valence-corrected chi connectivity index (χ3v) is 5.82. The van der Waals surface area contributed by atoms with Gasteiger partial charge in [-0.3, -0.25) is 14.9 Å². The number of non-ortho nitro benzene ring substituents is 1. The lowest BCUT2D eigenvalue weighted by Crippen LogP contribution is -2.30. The Morgan fingerprint density at radius 3 is 2.77 bits per heavy atom. The van der Waals surface area contributed by atoms with Crippen LogP contribution in [0.4, 0.5) is 11.5 Å². The number of carbonyl (C=O) groups excluding carboxylic acids is 1. The number of aromatic nitrogens is 2. The Hall–Kier alpha value is -3.42. The standard InChI is InChI=1S/C23H27N5O3/c1-2-18-19-15-17(28(30)31)9-10-20(19)26-22(18)23(29)24-12-11-16-7-6-8-21(25-16)27-13-4-3-5-14-27/h6-10,15,26H,2-5,11-14H2,1H3,(H,24,29). The summed E-state index contributed by atoms with van der Waals surface area (Å²) in [5, 5.41) is 14.8. The summed E-state index contributed by atoms with van der Waals surface area (Å²) in [6.45, 7) is 4.50. The van der Waals surface area contributed by atoms with Crippen molar-refractivity contribution >= 4 is 28.3 Å². The molecular formula is C23H27N5O3. The van der Waals surface area contributed by atoms with E-state index >= 15 is 0 Å². The molecule has 0 saturated carbocycles. The van der Waals surface area contributed by atoms with Gasteiger partial charge in [0.15, 0.2) is 0 Å². The van der Waals surface area contributed by atoms with Crippen molar-refractivity contribution in [3.8, 4) is 0 Å². The van der Waals surface area contributed by atoms with Gasteiger partial charge in [-0.05, 0) is 49.4 Å². The van der Waals surface area contributed by atoms with E-state index in [-0.39, 0.29) is 11.6 Å². The number of amides is 1. The van der Waals surface area contributed by atoms with Gasteiger partial charge in [-0.1, -0.05) is 13.0 Å². The Balaban J connectivity index is 1.43. The number of fused-ring (bicyclic) bond motifs is 1. The molecule has 4 rings (SSSR count). The molecule has 0 unspecified atom stereocenters. The zero-order chi connectivity index (χ0) is 21.8. The van der Waals surface area contributed by atoms with E-state index in [1.165, 1.54) is 31.4 Å². The summed E-state index contributed by atoms with van der Waals surface area (Å²) in [5.74, 6) is 0.803. The molecule has 8 nitrogen and oxygen atoms in total. The molecule has 162 valence electrons. The molecule has 1 aromatic carbocycles. The smallest absolute Gasteiger partial charge is 0.270 e. The first-order valence-corrected chi connectivity index (χ1v) is 10.8. The zero-order valence-corrected chi connectivity index (χ0v) is 17.7. The first kappa shape index (κ1) is 20.8. The highest BCUT2D eigenvalue weighted by Gasteiger charge is 2.19. The molecule has 0 bridgehead atoms. The van der Waals surface area contributed by atoms with Crippen molar-refractivity contribution in [1.82, 2.24) is 15.3 Å². The number of nitrogens with one attached hydrogen (secondary N) is 2. The molecule has 1 aliphatic rings. The summed E-state index contributed by atoms with van der Waals surface area (Å²) < 4.78 is 0. The fourth-order valence-corrected chi connectivity index (χ4v) is 4.21. The lowest BCUT2D eigenvalue weighted by atomic mass is 10.1. The Morgan fingerprint density at radius 2 is 2.03 bits per heavy atom. The number of pyridine rings is 1. The number of nitro groups is 1. The average molecular weight is 422 g/mol. The van der Waals surface area contributed by atoms with Crippen LogP contribution in [0.15, 0.2) is 36.4 Å². The lowest BCUT2D eigenvalue weighted by molar-refractivity contribution is -0.384. The second-order valence-electron chi connectivity index (χ2n) is 7.86. The summed E-state index contributed by atoms with van der Waals surface area (Å²) in [5.41, 5.74) is 2.96. The maximum absolute atomic E-state index is 12.8. The third kappa shape index (κ3) is 4.52. The maximum atomic E-state index is 12.8. The lowest BCUT2D eigenvalue weighted by Gasteiger charge is -2.28. The van der Waals surface area contributed by atoms with E-state index < -0.39 is 4.92 Å². The average Bonchev–Trinajstić information content (AvgIpc) is 3.17. The fraction of sp³-hybridized carbons (Fsp3) is 0.391. The Morgan fingerprint density at radius 1 is 1.23 bits per heavy atom. The Bertz CT molecular complexity index is 1100. The highest BCUT2D eigenvalue weighted by Crippen LogP contribution is 2.27. The molecule has 0 atom stereocenters. The number of rotatable bonds is 7. The molecule has 2 aromatic heterocycles. The molecule has 3 heterocycles. The molecule has 1 amide bonds. The third-order valence-electron chi connectivity index (χ3n) is 5.82. The number of benzene rings is 1. The minimum absolute atomic E-state index is 0.0211. The quantitative estimate of drug-likeness (QED) is 0.443. The van der Waals surface area contributed by atoms with Gasteiger partial charge in [0.1, 0.15) is 11.5 Å². The molecule has 31 heavy (non-hydrogen) atoms. The summed E-state index contributed by atoms with van der Waals surface area (Å²) in [6, 6.07) is 10.7. The van der Waals surface area contributed by atoms with Crippen LogP contribution in [0.25, 0.3) is 10.9 Å². The van der Waals surface area contributed by atoms with Gasteiger partial charge in [0.25, 0.3) is 11.6 Å². The predicted octanol–water partition coefficient (Wildman–Crippen LogP) is 4.00. The second-order valence-corrected chi connectivity index (χ2v) is 7.86. The molecular weight excluding hydrogens is 394 g/mol. The van der Waals surface area contributed by atoms with Crippen LogP contribution in [0.3, 0.4) is 0 Å². The van der Waals surface area contributed by atoms with Crippen LogP contribution < -0.4 is 10.2 Å². The van der Waals surface area contributed by atoms with E-state index in [1.54, 1.807) is 6.07 Å². The fourth-order valence-electron chi connectivity index (χ4n) is 4.21. The van der Waals surface area contributed by atoms with Crippen molar-refractivity contribution < 1.29 is 9.72 Å². The normalized spacial score (nSPS) is 14.0. The molecule has 1 aliphatic heterocycles. The minimum Gasteiger partial charge on any atom is -0.357 e. The molecule has 1 fully saturated rings. The predicted molar refractivity (Wildman–Crippen MR) is 121 cm³/mol. The van der Waals surface area contributed by atoms with E-state index in [0.717, 1.165) is 41.1 Å². The Labute approximate surface area is 180 Å². The van der Waals surface area contributed by atoms with Gasteiger partial charge in [-0.15, -0.1) is 0 Å². The van der Waals surface area contributed by atoms with Gasteiger partial charge in [0.05, 0.1) is 4.92 Å². The largest absolute Gasteiger partial charge is 0.357 e. The van der Waals surface area contributed by atoms with Crippen LogP contribution in [0.5, 0.6) is 0 Å². The number of hydrogen-bond acceptors (Lipinski definition) is 5. The van der Waals surface area contributed by atoms with Crippen LogP contribution in [-0.4, -0.2) is 40.4 Å². The van der Waals surface area contributed by atoms with Gasteiger partial charge in [0.2, 0.25) is 0 Å². The molecule has 0 aliphatic carbocycles. The number of aromatic amines is 1. The van der Waals surface area contributed by atoms with Gasteiger partial charge in [-0.25, -0.2) is 4.98 Å². The van der Waals surface area contributed by atoms with Crippen LogP contribution in [0.2, 0.25) is 0 Å². The van der Waals surface area contributed by atoms with Crippen molar-refractivity contribution in [1.29, 1.82) is 0 Å². The van der Waals surface area contributed by atoms with Gasteiger partial charge < -0.3 is 15.2 Å². The SMILES string of the molecule is CCc1c(C(=O)NCCc2cccc(N3CCCCC3)n2)[nH]c2ccc([N+](=O)[O-])cc12. The van der Waals surface area contributed by atoms with Crippen molar-refractivity contribution in [2.24, 2.45) is 0 Å². The van der Waals surface area contributed by atoms with Crippen molar-refractivity contribution in [3.63, 3.8) is 0 Å². The van der Waals surface area contributed by atoms with E-state index in [0.29, 0.717) is 25.1 Å². The number of anilines is 1. The second kappa shape index (κ2) is 9.16. The first-order chi connectivity index (χ1) is 15.1. The number of nitrogens with zero attached hydrogens (tertiary/aromatic N) is 3. The maximum Gasteiger partial charge on any atom is 0.270 e. The van der Waals surface area contributed by atoms with Crippen LogP contribution in [0, 0.1) is 10.1 Å². The summed E-state index contributed by atoms with van der Waals surface area (Å²) in [7, 11) is 0. The van der Waals surface area contributed by atoms with E-state index in [1.807, 2.05) is 25.1 Å². The first-order valence-electron chi connectivity index (χ1n) is 10.8. The van der Waals surface area contributed by atoms with Crippen LogP contribution in [0.1, 0.15) is 47.9 Å². The minimum atomic E-state index is -0.420. The van der Waals surface area contributed by atoms with Crippen molar-refractivity contribution in [2.45, 2.75) is 39.0 Å². The number of nitro benzene ring substituents is 1. The van der Waals surface area contributed by atoms with Crippen LogP contribution in [-0.2, 0) is 12.8 Å². The monoisotopic (exact) mass is 421 g/mol. The topological polar surface area (TPSA) is 104 Å². The highest BCUT2D eigenvalue weighted by atomic mass is 16.6. The summed E-state index contributed by atoms with van der Waals surface area (Å²) in [6.07, 6.45) is 4.93. The van der Waals surface area contributed by atoms with Crippen molar-refractivity contribution in [3.05, 3.63) is 63.5 Å². The van der Waals surface area contributed by atoms with E-state index in [4.69, 9.17) is 4.98 Å². The Kier molecular flexibility index (Phi) is 6.16. The van der Waals surface area contributed by atoms with Crippen LogP contribution >= 0.6 is 0 Å². The van der Waals surface area contributed by atoms with Gasteiger partial charge in [0, 0.05) is 54.8 Å². The molecule has 8 heteroatoms. The molecule has 3 aromatic rings. The summed E-state index contributed by atoms with van der Waals surface area (Å²) >= 11 is 0. The van der Waals surface area contributed by atoms with Crippen molar-refractivity contribution in [2.75, 3.05) is 24.5 Å². The molecule has 1 saturated heterocycles.